The van der Waals surface area contributed by atoms with E-state index in [1.165, 1.54) is 11.8 Å². The van der Waals surface area contributed by atoms with E-state index in [-0.39, 0.29) is 17.7 Å². The lowest BCUT2D eigenvalue weighted by Crippen LogP contribution is -2.38. The van der Waals surface area contributed by atoms with Gasteiger partial charge in [0, 0.05) is 18.7 Å². The molecular formula is C26H27ClN4O3. The molecule has 1 aromatic heterocycles. The minimum absolute atomic E-state index is 0.0611. The summed E-state index contributed by atoms with van der Waals surface area (Å²) in [4.78, 5) is 32.2. The Labute approximate surface area is 204 Å². The Hall–Kier alpha value is -3.42. The lowest BCUT2D eigenvalue weighted by atomic mass is 9.95. The average Bonchev–Trinajstić information content (AvgIpc) is 2.86. The minimum atomic E-state index is -0.347. The average molecular weight is 479 g/mol. The van der Waals surface area contributed by atoms with Crippen molar-refractivity contribution in [3.05, 3.63) is 83.0 Å². The third-order valence-electron chi connectivity index (χ3n) is 5.92. The Morgan fingerprint density at radius 3 is 2.44 bits per heavy atom. The molecule has 8 heteroatoms. The van der Waals surface area contributed by atoms with Crippen LogP contribution >= 0.6 is 11.6 Å². The summed E-state index contributed by atoms with van der Waals surface area (Å²) in [7, 11) is 1.66. The van der Waals surface area contributed by atoms with E-state index in [2.05, 4.69) is 32.7 Å². The van der Waals surface area contributed by atoms with Crippen molar-refractivity contribution in [3.63, 3.8) is 0 Å². The molecule has 3 aromatic rings. The third-order valence-corrected chi connectivity index (χ3v) is 6.15. The van der Waals surface area contributed by atoms with Crippen LogP contribution in [0.4, 0.5) is 11.5 Å². The highest BCUT2D eigenvalue weighted by Gasteiger charge is 2.26. The smallest absolute Gasteiger partial charge is 0.258 e. The number of carbonyl (C=O) groups is 2. The number of nitrogens with zero attached hydrogens (tertiary/aromatic N) is 2. The Morgan fingerprint density at radius 1 is 1.03 bits per heavy atom. The first-order valence-corrected chi connectivity index (χ1v) is 11.6. The van der Waals surface area contributed by atoms with Gasteiger partial charge in [-0.2, -0.15) is 0 Å². The number of ether oxygens (including phenoxy) is 1. The number of likely N-dealkylation sites (tertiary alicyclic amines) is 1. The highest BCUT2D eigenvalue weighted by molar-refractivity contribution is 6.30. The fraction of sp³-hybridized carbons (Fsp3) is 0.269. The van der Waals surface area contributed by atoms with Crippen LogP contribution in [0.2, 0.25) is 5.02 Å². The number of carbonyl (C=O) groups excluding carboxylic acids is 2. The van der Waals surface area contributed by atoms with Crippen molar-refractivity contribution in [2.75, 3.05) is 30.8 Å². The van der Waals surface area contributed by atoms with Crippen LogP contribution in [0.1, 0.15) is 28.8 Å². The molecule has 0 bridgehead atoms. The molecule has 0 spiro atoms. The predicted molar refractivity (Wildman–Crippen MR) is 133 cm³/mol. The van der Waals surface area contributed by atoms with Crippen molar-refractivity contribution in [2.45, 2.75) is 19.4 Å². The summed E-state index contributed by atoms with van der Waals surface area (Å²) in [5, 5.41) is 6.19. The zero-order chi connectivity index (χ0) is 23.9. The van der Waals surface area contributed by atoms with Crippen LogP contribution in [0, 0.1) is 5.92 Å². The first-order chi connectivity index (χ1) is 16.5. The van der Waals surface area contributed by atoms with E-state index in [4.69, 9.17) is 16.3 Å². The number of rotatable bonds is 7. The van der Waals surface area contributed by atoms with Gasteiger partial charge in [-0.3, -0.25) is 14.5 Å². The first kappa shape index (κ1) is 23.7. The second-order valence-corrected chi connectivity index (χ2v) is 8.69. The molecule has 2 aromatic carbocycles. The summed E-state index contributed by atoms with van der Waals surface area (Å²) in [6.07, 6.45) is 3.00. The van der Waals surface area contributed by atoms with Crippen LogP contribution in [0.15, 0.2) is 66.9 Å². The number of nitrogens with one attached hydrogen (secondary N) is 2. The summed E-state index contributed by atoms with van der Waals surface area (Å²) in [5.41, 5.74) is 2.09. The van der Waals surface area contributed by atoms with Gasteiger partial charge in [-0.15, -0.1) is 0 Å². The van der Waals surface area contributed by atoms with Gasteiger partial charge < -0.3 is 15.4 Å². The number of piperidine rings is 1. The summed E-state index contributed by atoms with van der Waals surface area (Å²) in [5.74, 6) is 0.729. The van der Waals surface area contributed by atoms with Gasteiger partial charge in [-0.25, -0.2) is 4.98 Å². The van der Waals surface area contributed by atoms with Crippen molar-refractivity contribution < 1.29 is 14.3 Å². The standard InChI is InChI=1S/C26H27ClN4O3/c1-34-21-9-6-18(7-10-21)17-31-14-12-19(13-15-31)25(32)29-23-5-3-2-4-22(23)26(33)30-24-11-8-20(27)16-28-24/h2-11,16,19H,12-15,17H2,1H3,(H,29,32)(H,28,30,33). The van der Waals surface area contributed by atoms with E-state index in [1.807, 2.05) is 12.1 Å². The number of anilines is 2. The number of pyridine rings is 1. The SMILES string of the molecule is COc1ccc(CN2CCC(C(=O)Nc3ccccc3C(=O)Nc3ccc(Cl)cn3)CC2)cc1. The maximum Gasteiger partial charge on any atom is 0.258 e. The highest BCUT2D eigenvalue weighted by atomic mass is 35.5. The van der Waals surface area contributed by atoms with E-state index < -0.39 is 0 Å². The number of amides is 2. The molecule has 34 heavy (non-hydrogen) atoms. The third kappa shape index (κ3) is 6.12. The van der Waals surface area contributed by atoms with E-state index in [1.54, 1.807) is 43.5 Å². The number of para-hydroxylation sites is 1. The van der Waals surface area contributed by atoms with Gasteiger partial charge in [-0.1, -0.05) is 35.9 Å². The molecule has 0 unspecified atom stereocenters. The maximum absolute atomic E-state index is 13.0. The van der Waals surface area contributed by atoms with Gasteiger partial charge in [0.05, 0.1) is 23.4 Å². The molecule has 1 aliphatic heterocycles. The van der Waals surface area contributed by atoms with Gasteiger partial charge in [-0.05, 0) is 67.9 Å². The Kier molecular flexibility index (Phi) is 7.77. The van der Waals surface area contributed by atoms with Crippen LogP contribution < -0.4 is 15.4 Å². The molecule has 0 saturated carbocycles. The van der Waals surface area contributed by atoms with Crippen molar-refractivity contribution in [1.82, 2.24) is 9.88 Å². The lowest BCUT2D eigenvalue weighted by molar-refractivity contribution is -0.121. The molecule has 1 saturated heterocycles. The van der Waals surface area contributed by atoms with Crippen molar-refractivity contribution in [1.29, 1.82) is 0 Å². The quantitative estimate of drug-likeness (QED) is 0.507. The second-order valence-electron chi connectivity index (χ2n) is 8.25. The van der Waals surface area contributed by atoms with Crippen LogP contribution in [0.3, 0.4) is 0 Å². The zero-order valence-corrected chi connectivity index (χ0v) is 19.7. The second kappa shape index (κ2) is 11.1. The van der Waals surface area contributed by atoms with Crippen LogP contribution in [-0.4, -0.2) is 41.9 Å². The lowest BCUT2D eigenvalue weighted by Gasteiger charge is -2.31. The number of methoxy groups -OCH3 is 1. The number of halogens is 1. The molecule has 4 rings (SSSR count). The van der Waals surface area contributed by atoms with E-state index in [9.17, 15) is 9.59 Å². The van der Waals surface area contributed by atoms with Crippen LogP contribution in [0.5, 0.6) is 5.75 Å². The molecule has 7 nitrogen and oxygen atoms in total. The molecule has 2 N–H and O–H groups in total. The first-order valence-electron chi connectivity index (χ1n) is 11.2. The van der Waals surface area contributed by atoms with Crippen LogP contribution in [0.25, 0.3) is 0 Å². The summed E-state index contributed by atoms with van der Waals surface area (Å²) in [6, 6.07) is 18.3. The van der Waals surface area contributed by atoms with Gasteiger partial charge in [0.25, 0.3) is 5.91 Å². The van der Waals surface area contributed by atoms with Crippen molar-refractivity contribution in [3.8, 4) is 5.75 Å². The molecular weight excluding hydrogens is 452 g/mol. The Bertz CT molecular complexity index is 1130. The predicted octanol–water partition coefficient (Wildman–Crippen LogP) is 4.85. The summed E-state index contributed by atoms with van der Waals surface area (Å²) < 4.78 is 5.21. The fourth-order valence-electron chi connectivity index (χ4n) is 4.00. The zero-order valence-electron chi connectivity index (χ0n) is 19.0. The number of hydrogen-bond donors (Lipinski definition) is 2. The normalized spacial score (nSPS) is 14.4. The van der Waals surface area contributed by atoms with E-state index in [0.717, 1.165) is 38.2 Å². The van der Waals surface area contributed by atoms with Gasteiger partial charge in [0.2, 0.25) is 5.91 Å². The van der Waals surface area contributed by atoms with Gasteiger partial charge in [0.15, 0.2) is 0 Å². The molecule has 2 amide bonds. The molecule has 176 valence electrons. The molecule has 0 atom stereocenters. The minimum Gasteiger partial charge on any atom is -0.497 e. The molecule has 0 aliphatic carbocycles. The topological polar surface area (TPSA) is 83.6 Å². The van der Waals surface area contributed by atoms with Crippen molar-refractivity contribution in [2.24, 2.45) is 5.92 Å². The summed E-state index contributed by atoms with van der Waals surface area (Å²) in [6.45, 7) is 2.53. The van der Waals surface area contributed by atoms with E-state index >= 15 is 0 Å². The van der Waals surface area contributed by atoms with E-state index in [0.29, 0.717) is 22.1 Å². The number of hydrogen-bond acceptors (Lipinski definition) is 5. The highest BCUT2D eigenvalue weighted by Crippen LogP contribution is 2.24. The number of aromatic nitrogens is 1. The largest absolute Gasteiger partial charge is 0.497 e. The van der Waals surface area contributed by atoms with Gasteiger partial charge >= 0.3 is 0 Å². The molecule has 1 fully saturated rings. The van der Waals surface area contributed by atoms with Gasteiger partial charge in [0.1, 0.15) is 11.6 Å². The van der Waals surface area contributed by atoms with Crippen molar-refractivity contribution >= 4 is 34.9 Å². The Morgan fingerprint density at radius 2 is 1.76 bits per heavy atom. The molecule has 0 radical (unpaired) electrons. The maximum atomic E-state index is 13.0. The van der Waals surface area contributed by atoms with Crippen LogP contribution in [-0.2, 0) is 11.3 Å². The molecule has 2 heterocycles. The fourth-order valence-corrected chi connectivity index (χ4v) is 4.11. The summed E-state index contributed by atoms with van der Waals surface area (Å²) >= 11 is 5.85. The Balaban J connectivity index is 1.32. The monoisotopic (exact) mass is 478 g/mol. The number of benzene rings is 2. The molecule has 1 aliphatic rings.